The molecule has 0 aliphatic carbocycles. The van der Waals surface area contributed by atoms with Gasteiger partial charge in [0.1, 0.15) is 0 Å². The summed E-state index contributed by atoms with van der Waals surface area (Å²) in [6.07, 6.45) is 1.47. The van der Waals surface area contributed by atoms with Gasteiger partial charge in [-0.05, 0) is 24.6 Å². The minimum atomic E-state index is -0.152. The Morgan fingerprint density at radius 3 is 2.79 bits per heavy atom. The van der Waals surface area contributed by atoms with Crippen LogP contribution in [-0.4, -0.2) is 12.0 Å². The maximum Gasteiger partial charge on any atom is 0.240 e. The Balaban J connectivity index is 3.13. The van der Waals surface area contributed by atoms with Crippen LogP contribution in [0.4, 0.5) is 11.4 Å². The van der Waals surface area contributed by atoms with E-state index in [1.54, 1.807) is 25.1 Å². The van der Waals surface area contributed by atoms with Crippen LogP contribution in [0.15, 0.2) is 23.2 Å². The topological polar surface area (TPSA) is 58.5 Å². The van der Waals surface area contributed by atoms with Crippen molar-refractivity contribution >= 4 is 23.4 Å². The van der Waals surface area contributed by atoms with Gasteiger partial charge in [-0.15, -0.1) is 0 Å². The van der Waals surface area contributed by atoms with Gasteiger partial charge in [-0.3, -0.25) is 4.79 Å². The van der Waals surface area contributed by atoms with Gasteiger partial charge in [-0.2, -0.15) is 4.99 Å². The van der Waals surface area contributed by atoms with E-state index in [2.05, 4.69) is 10.3 Å². The second kappa shape index (κ2) is 4.35. The third-order valence-electron chi connectivity index (χ3n) is 1.78. The predicted octanol–water partition coefficient (Wildman–Crippen LogP) is 1.92. The molecule has 0 heterocycles. The van der Waals surface area contributed by atoms with Gasteiger partial charge in [0, 0.05) is 12.6 Å². The van der Waals surface area contributed by atoms with Gasteiger partial charge in [0.15, 0.2) is 0 Å². The smallest absolute Gasteiger partial charge is 0.240 e. The summed E-state index contributed by atoms with van der Waals surface area (Å²) in [5.41, 5.74) is 1.94. The summed E-state index contributed by atoms with van der Waals surface area (Å²) < 4.78 is 0. The predicted molar refractivity (Wildman–Crippen MR) is 53.3 cm³/mol. The highest BCUT2D eigenvalue weighted by Gasteiger charge is 2.03. The molecule has 1 aromatic carbocycles. The van der Waals surface area contributed by atoms with Crippen molar-refractivity contribution in [3.63, 3.8) is 0 Å². The van der Waals surface area contributed by atoms with E-state index in [1.807, 2.05) is 0 Å². The maximum atomic E-state index is 10.8. The largest absolute Gasteiger partial charge is 0.326 e. The number of carbonyl (C=O) groups excluding carboxylic acids is 2. The van der Waals surface area contributed by atoms with Gasteiger partial charge < -0.3 is 5.32 Å². The molecule has 0 bridgehead atoms. The molecule has 0 aliphatic heterocycles. The van der Waals surface area contributed by atoms with E-state index in [9.17, 15) is 9.59 Å². The van der Waals surface area contributed by atoms with Crippen LogP contribution in [0.1, 0.15) is 12.5 Å². The van der Waals surface area contributed by atoms with Crippen molar-refractivity contribution in [3.8, 4) is 0 Å². The van der Waals surface area contributed by atoms with Gasteiger partial charge >= 0.3 is 0 Å². The van der Waals surface area contributed by atoms with Crippen LogP contribution in [-0.2, 0) is 9.59 Å². The number of hydrogen-bond acceptors (Lipinski definition) is 3. The maximum absolute atomic E-state index is 10.8. The van der Waals surface area contributed by atoms with Crippen molar-refractivity contribution in [3.05, 3.63) is 23.8 Å². The molecule has 0 saturated heterocycles. The van der Waals surface area contributed by atoms with Crippen LogP contribution in [0.2, 0.25) is 0 Å². The first-order valence-electron chi connectivity index (χ1n) is 4.10. The Bertz CT molecular complexity index is 407. The Labute approximate surface area is 81.7 Å². The molecule has 4 nitrogen and oxygen atoms in total. The molecular formula is C10H10N2O2. The molecule has 0 radical (unpaired) electrons. The molecule has 0 saturated carbocycles. The summed E-state index contributed by atoms with van der Waals surface area (Å²) in [7, 11) is 0. The molecular weight excluding hydrogens is 180 g/mol. The zero-order valence-electron chi connectivity index (χ0n) is 8.00. The highest BCUT2D eigenvalue weighted by Crippen LogP contribution is 2.25. The lowest BCUT2D eigenvalue weighted by Gasteiger charge is -2.06. The number of amides is 1. The highest BCUT2D eigenvalue weighted by atomic mass is 16.1. The van der Waals surface area contributed by atoms with E-state index >= 15 is 0 Å². The molecule has 72 valence electrons. The van der Waals surface area contributed by atoms with E-state index in [-0.39, 0.29) is 5.91 Å². The number of benzene rings is 1. The number of anilines is 1. The number of nitrogens with one attached hydrogen (secondary N) is 1. The van der Waals surface area contributed by atoms with Crippen molar-refractivity contribution in [2.24, 2.45) is 4.99 Å². The van der Waals surface area contributed by atoms with Crippen LogP contribution in [0.25, 0.3) is 0 Å². The molecule has 0 aromatic heterocycles. The number of isocyanates is 1. The van der Waals surface area contributed by atoms with Crippen molar-refractivity contribution in [1.29, 1.82) is 0 Å². The Hall–Kier alpha value is -1.93. The molecule has 0 spiro atoms. The lowest BCUT2D eigenvalue weighted by atomic mass is 10.1. The first-order valence-corrected chi connectivity index (χ1v) is 4.10. The molecule has 1 amide bonds. The second-order valence-corrected chi connectivity index (χ2v) is 2.83. The molecule has 0 aliphatic rings. The normalized spacial score (nSPS) is 9.00. The minimum absolute atomic E-state index is 0.152. The third kappa shape index (κ3) is 2.28. The summed E-state index contributed by atoms with van der Waals surface area (Å²) in [4.78, 5) is 24.4. The van der Waals surface area contributed by atoms with Crippen molar-refractivity contribution < 1.29 is 9.59 Å². The van der Waals surface area contributed by atoms with E-state index in [0.29, 0.717) is 11.4 Å². The molecule has 1 N–H and O–H groups in total. The monoisotopic (exact) mass is 190 g/mol. The fourth-order valence-corrected chi connectivity index (χ4v) is 1.12. The molecule has 14 heavy (non-hydrogen) atoms. The van der Waals surface area contributed by atoms with Crippen molar-refractivity contribution in [2.45, 2.75) is 13.8 Å². The van der Waals surface area contributed by atoms with Crippen LogP contribution >= 0.6 is 0 Å². The number of carbonyl (C=O) groups is 1. The van der Waals surface area contributed by atoms with Crippen LogP contribution in [0.5, 0.6) is 0 Å². The van der Waals surface area contributed by atoms with Gasteiger partial charge in [-0.25, -0.2) is 4.79 Å². The van der Waals surface area contributed by atoms with E-state index in [0.717, 1.165) is 5.56 Å². The lowest BCUT2D eigenvalue weighted by molar-refractivity contribution is -0.114. The lowest BCUT2D eigenvalue weighted by Crippen LogP contribution is -2.06. The third-order valence-corrected chi connectivity index (χ3v) is 1.78. The number of hydrogen-bond donors (Lipinski definition) is 1. The van der Waals surface area contributed by atoms with E-state index in [1.165, 1.54) is 13.0 Å². The second-order valence-electron chi connectivity index (χ2n) is 2.83. The Kier molecular flexibility index (Phi) is 3.15. The van der Waals surface area contributed by atoms with Gasteiger partial charge in [0.25, 0.3) is 0 Å². The summed E-state index contributed by atoms with van der Waals surface area (Å²) in [6.45, 7) is 3.20. The summed E-state index contributed by atoms with van der Waals surface area (Å²) in [5.74, 6) is -0.152. The number of aliphatic imine (C=N–C) groups is 1. The van der Waals surface area contributed by atoms with Gasteiger partial charge in [-0.1, -0.05) is 6.07 Å². The quantitative estimate of drug-likeness (QED) is 0.572. The molecule has 0 unspecified atom stereocenters. The standard InChI is InChI=1S/C10H10N2O2/c1-7-9(11-6-13)4-3-5-10(7)12-8(2)14/h3-5H,1-2H3,(H,12,14). The zero-order chi connectivity index (χ0) is 10.6. The van der Waals surface area contributed by atoms with Crippen molar-refractivity contribution in [2.75, 3.05) is 5.32 Å². The highest BCUT2D eigenvalue weighted by molar-refractivity contribution is 5.90. The molecule has 4 heteroatoms. The first-order chi connectivity index (χ1) is 6.65. The number of rotatable bonds is 2. The van der Waals surface area contributed by atoms with E-state index < -0.39 is 0 Å². The van der Waals surface area contributed by atoms with Gasteiger partial charge in [0.05, 0.1) is 5.69 Å². The summed E-state index contributed by atoms with van der Waals surface area (Å²) in [5, 5.41) is 2.64. The SMILES string of the molecule is CC(=O)Nc1cccc(N=C=O)c1C. The minimum Gasteiger partial charge on any atom is -0.326 e. The summed E-state index contributed by atoms with van der Waals surface area (Å²) in [6, 6.07) is 5.15. The van der Waals surface area contributed by atoms with Crippen LogP contribution in [0.3, 0.4) is 0 Å². The van der Waals surface area contributed by atoms with E-state index in [4.69, 9.17) is 0 Å². The average Bonchev–Trinajstić information content (AvgIpc) is 2.11. The fraction of sp³-hybridized carbons (Fsp3) is 0.200. The molecule has 0 atom stereocenters. The van der Waals surface area contributed by atoms with Crippen molar-refractivity contribution in [1.82, 2.24) is 0 Å². The molecule has 0 fully saturated rings. The molecule has 1 aromatic rings. The average molecular weight is 190 g/mol. The Morgan fingerprint density at radius 1 is 1.50 bits per heavy atom. The van der Waals surface area contributed by atoms with Crippen LogP contribution < -0.4 is 5.32 Å². The van der Waals surface area contributed by atoms with Gasteiger partial charge in [0.2, 0.25) is 12.0 Å². The molecule has 1 rings (SSSR count). The zero-order valence-corrected chi connectivity index (χ0v) is 8.00. The summed E-state index contributed by atoms with van der Waals surface area (Å²) >= 11 is 0. The number of nitrogens with zero attached hydrogens (tertiary/aromatic N) is 1. The fourth-order valence-electron chi connectivity index (χ4n) is 1.12. The Morgan fingerprint density at radius 2 is 2.21 bits per heavy atom. The first kappa shape index (κ1) is 10.2. The van der Waals surface area contributed by atoms with Crippen LogP contribution in [0, 0.1) is 6.92 Å².